The molecule has 0 aromatic carbocycles. The second-order valence-electron chi connectivity index (χ2n) is 2.56. The standard InChI is InChI=1S/C10H5NO2/c11-6-8-7-4-2-1-3-5-9(7)13-10(8)12/h1-5H. The molecule has 0 fully saturated rings. The lowest BCUT2D eigenvalue weighted by Crippen LogP contribution is -1.95. The van der Waals surface area contributed by atoms with E-state index in [1.54, 1.807) is 30.3 Å². The molecule has 0 atom stereocenters. The van der Waals surface area contributed by atoms with E-state index < -0.39 is 5.63 Å². The van der Waals surface area contributed by atoms with Crippen LogP contribution in [0.1, 0.15) is 5.56 Å². The van der Waals surface area contributed by atoms with Crippen molar-refractivity contribution >= 4 is 0 Å². The van der Waals surface area contributed by atoms with Gasteiger partial charge in [0.15, 0.2) is 0 Å². The topological polar surface area (TPSA) is 54.0 Å². The number of hydrogen-bond acceptors (Lipinski definition) is 3. The largest absolute Gasteiger partial charge is 0.422 e. The predicted octanol–water partition coefficient (Wildman–Crippen LogP) is 1.62. The molecular formula is C10H5NO2. The molecule has 0 radical (unpaired) electrons. The van der Waals surface area contributed by atoms with Crippen LogP contribution in [0, 0.1) is 11.3 Å². The number of nitriles is 1. The maximum Gasteiger partial charge on any atom is 0.355 e. The van der Waals surface area contributed by atoms with Crippen LogP contribution in [0.3, 0.4) is 0 Å². The molecule has 13 heavy (non-hydrogen) atoms. The summed E-state index contributed by atoms with van der Waals surface area (Å²) in [5, 5.41) is 8.68. The SMILES string of the molecule is N#Cc1c2cccccc-2oc1=O. The van der Waals surface area contributed by atoms with Gasteiger partial charge in [0.05, 0.1) is 0 Å². The normalized spacial score (nSPS) is 9.77. The monoisotopic (exact) mass is 171 g/mol. The molecule has 0 aromatic heterocycles. The lowest BCUT2D eigenvalue weighted by atomic mass is 10.1. The zero-order chi connectivity index (χ0) is 9.26. The van der Waals surface area contributed by atoms with Crippen LogP contribution in [-0.4, -0.2) is 0 Å². The smallest absolute Gasteiger partial charge is 0.355 e. The van der Waals surface area contributed by atoms with Crippen molar-refractivity contribution in [3.05, 3.63) is 46.3 Å². The molecule has 0 saturated heterocycles. The number of furan rings is 1. The van der Waals surface area contributed by atoms with Crippen LogP contribution >= 0.6 is 0 Å². The van der Waals surface area contributed by atoms with Crippen LogP contribution in [0.4, 0.5) is 0 Å². The van der Waals surface area contributed by atoms with E-state index in [1.165, 1.54) is 0 Å². The molecule has 3 heteroatoms. The van der Waals surface area contributed by atoms with E-state index in [2.05, 4.69) is 0 Å². The van der Waals surface area contributed by atoms with Crippen molar-refractivity contribution in [3.63, 3.8) is 0 Å². The molecule has 2 rings (SSSR count). The highest BCUT2D eigenvalue weighted by molar-refractivity contribution is 5.66. The molecule has 0 aromatic rings. The van der Waals surface area contributed by atoms with E-state index in [9.17, 15) is 4.79 Å². The molecule has 2 aliphatic rings. The first-order chi connectivity index (χ1) is 6.33. The van der Waals surface area contributed by atoms with Crippen molar-refractivity contribution in [1.29, 1.82) is 5.26 Å². The highest BCUT2D eigenvalue weighted by atomic mass is 16.4. The molecule has 3 nitrogen and oxygen atoms in total. The van der Waals surface area contributed by atoms with Crippen molar-refractivity contribution in [1.82, 2.24) is 0 Å². The third-order valence-electron chi connectivity index (χ3n) is 1.79. The molecule has 0 unspecified atom stereocenters. The molecule has 1 aliphatic heterocycles. The van der Waals surface area contributed by atoms with Gasteiger partial charge in [0.1, 0.15) is 17.4 Å². The van der Waals surface area contributed by atoms with Gasteiger partial charge in [0, 0.05) is 5.56 Å². The Morgan fingerprint density at radius 3 is 2.77 bits per heavy atom. The average Bonchev–Trinajstić information content (AvgIpc) is 2.32. The van der Waals surface area contributed by atoms with E-state index >= 15 is 0 Å². The molecule has 0 N–H and O–H groups in total. The lowest BCUT2D eigenvalue weighted by Gasteiger charge is -1.84. The summed E-state index contributed by atoms with van der Waals surface area (Å²) < 4.78 is 4.87. The molecule has 62 valence electrons. The van der Waals surface area contributed by atoms with Crippen LogP contribution in [-0.2, 0) is 0 Å². The summed E-state index contributed by atoms with van der Waals surface area (Å²) in [6.45, 7) is 0. The molecule has 0 bridgehead atoms. The highest BCUT2D eigenvalue weighted by Crippen LogP contribution is 2.21. The Morgan fingerprint density at radius 2 is 2.00 bits per heavy atom. The Hall–Kier alpha value is -2.08. The Balaban J connectivity index is 2.89. The number of rotatable bonds is 0. The molecule has 0 saturated carbocycles. The maximum absolute atomic E-state index is 11.1. The van der Waals surface area contributed by atoms with E-state index in [-0.39, 0.29) is 5.56 Å². The van der Waals surface area contributed by atoms with Crippen molar-refractivity contribution in [2.75, 3.05) is 0 Å². The summed E-state index contributed by atoms with van der Waals surface area (Å²) in [6.07, 6.45) is 0. The highest BCUT2D eigenvalue weighted by Gasteiger charge is 2.14. The predicted molar refractivity (Wildman–Crippen MR) is 46.3 cm³/mol. The van der Waals surface area contributed by atoms with E-state index in [1.807, 2.05) is 6.07 Å². The van der Waals surface area contributed by atoms with Gasteiger partial charge in [-0.25, -0.2) is 4.79 Å². The van der Waals surface area contributed by atoms with E-state index in [0.717, 1.165) is 0 Å². The Bertz CT molecular complexity index is 507. The minimum atomic E-state index is -0.566. The van der Waals surface area contributed by atoms with E-state index in [0.29, 0.717) is 11.3 Å². The fourth-order valence-electron chi connectivity index (χ4n) is 1.19. The van der Waals surface area contributed by atoms with Gasteiger partial charge in [0.2, 0.25) is 0 Å². The summed E-state index contributed by atoms with van der Waals surface area (Å²) in [6, 6.07) is 10.5. The first-order valence-corrected chi connectivity index (χ1v) is 3.75. The van der Waals surface area contributed by atoms with E-state index in [4.69, 9.17) is 9.68 Å². The summed E-state index contributed by atoms with van der Waals surface area (Å²) in [4.78, 5) is 11.1. The zero-order valence-corrected chi connectivity index (χ0v) is 6.65. The van der Waals surface area contributed by atoms with Crippen LogP contribution < -0.4 is 5.63 Å². The maximum atomic E-state index is 11.1. The van der Waals surface area contributed by atoms with Crippen molar-refractivity contribution in [3.8, 4) is 17.4 Å². The van der Waals surface area contributed by atoms with Crippen LogP contribution in [0.15, 0.2) is 39.5 Å². The van der Waals surface area contributed by atoms with Gasteiger partial charge in [-0.2, -0.15) is 5.26 Å². The molecule has 1 aliphatic carbocycles. The number of fused-ring (bicyclic) bond motifs is 1. The Morgan fingerprint density at radius 1 is 1.23 bits per heavy atom. The van der Waals surface area contributed by atoms with Gasteiger partial charge < -0.3 is 4.42 Å². The van der Waals surface area contributed by atoms with Crippen molar-refractivity contribution in [2.45, 2.75) is 0 Å². The van der Waals surface area contributed by atoms with Gasteiger partial charge in [0.25, 0.3) is 0 Å². The third kappa shape index (κ3) is 1.09. The first kappa shape index (κ1) is 7.56. The quantitative estimate of drug-likeness (QED) is 0.605. The van der Waals surface area contributed by atoms with Crippen LogP contribution in [0.25, 0.3) is 11.3 Å². The summed E-state index contributed by atoms with van der Waals surface area (Å²) in [5.74, 6) is 0.451. The molecule has 0 spiro atoms. The number of hydrogen-bond donors (Lipinski definition) is 0. The molecular weight excluding hydrogens is 166 g/mol. The van der Waals surface area contributed by atoms with Crippen LogP contribution in [0.2, 0.25) is 0 Å². The molecule has 0 amide bonds. The first-order valence-electron chi connectivity index (χ1n) is 3.75. The minimum Gasteiger partial charge on any atom is -0.422 e. The van der Waals surface area contributed by atoms with Gasteiger partial charge in [-0.3, -0.25) is 0 Å². The minimum absolute atomic E-state index is 0.0752. The fourth-order valence-corrected chi connectivity index (χ4v) is 1.19. The lowest BCUT2D eigenvalue weighted by molar-refractivity contribution is 0.544. The van der Waals surface area contributed by atoms with Crippen molar-refractivity contribution < 1.29 is 4.42 Å². The second kappa shape index (κ2) is 2.76. The van der Waals surface area contributed by atoms with Gasteiger partial charge in [-0.1, -0.05) is 18.2 Å². The van der Waals surface area contributed by atoms with Gasteiger partial charge >= 0.3 is 5.63 Å². The summed E-state index contributed by atoms with van der Waals surface area (Å²) in [7, 11) is 0. The average molecular weight is 171 g/mol. The second-order valence-corrected chi connectivity index (χ2v) is 2.56. The van der Waals surface area contributed by atoms with Crippen molar-refractivity contribution in [2.24, 2.45) is 0 Å². The zero-order valence-electron chi connectivity index (χ0n) is 6.65. The van der Waals surface area contributed by atoms with Gasteiger partial charge in [-0.15, -0.1) is 0 Å². The summed E-state index contributed by atoms with van der Waals surface area (Å²) in [5.41, 5.74) is 0.0763. The number of nitrogens with zero attached hydrogens (tertiary/aromatic N) is 1. The molecule has 1 heterocycles. The van der Waals surface area contributed by atoms with Crippen LogP contribution in [0.5, 0.6) is 0 Å². The van der Waals surface area contributed by atoms with Gasteiger partial charge in [-0.05, 0) is 12.1 Å². The Labute approximate surface area is 74.2 Å². The third-order valence-corrected chi connectivity index (χ3v) is 1.79. The summed E-state index contributed by atoms with van der Waals surface area (Å²) >= 11 is 0. The fraction of sp³-hybridized carbons (Fsp3) is 0. The Kier molecular flexibility index (Phi) is 1.60.